The van der Waals surface area contributed by atoms with Gasteiger partial charge in [0.1, 0.15) is 5.76 Å². The summed E-state index contributed by atoms with van der Waals surface area (Å²) in [7, 11) is 0. The average Bonchev–Trinajstić information content (AvgIpc) is 2.90. The predicted molar refractivity (Wildman–Crippen MR) is 55.5 cm³/mol. The van der Waals surface area contributed by atoms with Gasteiger partial charge in [0.05, 0.1) is 25.5 Å². The second-order valence-electron chi connectivity index (χ2n) is 3.89. The van der Waals surface area contributed by atoms with Crippen molar-refractivity contribution in [1.82, 2.24) is 5.32 Å². The van der Waals surface area contributed by atoms with E-state index in [0.717, 1.165) is 31.9 Å². The fraction of sp³-hybridized carbons (Fsp3) is 0.636. The topological polar surface area (TPSA) is 54.6 Å². The SMILES string of the molecule is OCC(NCC1CCOC1)c1ccco1. The van der Waals surface area contributed by atoms with E-state index in [4.69, 9.17) is 9.15 Å². The molecule has 1 aliphatic heterocycles. The van der Waals surface area contributed by atoms with E-state index in [0.29, 0.717) is 5.92 Å². The van der Waals surface area contributed by atoms with E-state index >= 15 is 0 Å². The molecule has 0 aromatic carbocycles. The lowest BCUT2D eigenvalue weighted by molar-refractivity contribution is 0.180. The van der Waals surface area contributed by atoms with Crippen LogP contribution in [0, 0.1) is 5.92 Å². The quantitative estimate of drug-likeness (QED) is 0.761. The Morgan fingerprint density at radius 2 is 2.53 bits per heavy atom. The third-order valence-corrected chi connectivity index (χ3v) is 2.75. The van der Waals surface area contributed by atoms with Crippen LogP contribution in [0.4, 0.5) is 0 Å². The maximum Gasteiger partial charge on any atom is 0.123 e. The Labute approximate surface area is 89.2 Å². The molecule has 2 rings (SSSR count). The van der Waals surface area contributed by atoms with Crippen LogP contribution in [0.25, 0.3) is 0 Å². The fourth-order valence-electron chi connectivity index (χ4n) is 1.80. The van der Waals surface area contributed by atoms with Gasteiger partial charge in [-0.15, -0.1) is 0 Å². The zero-order valence-electron chi connectivity index (χ0n) is 8.69. The molecule has 2 N–H and O–H groups in total. The van der Waals surface area contributed by atoms with Crippen LogP contribution in [0.1, 0.15) is 18.2 Å². The number of nitrogens with one attached hydrogen (secondary N) is 1. The molecule has 0 saturated carbocycles. The largest absolute Gasteiger partial charge is 0.468 e. The molecule has 1 fully saturated rings. The first-order valence-corrected chi connectivity index (χ1v) is 5.35. The minimum absolute atomic E-state index is 0.0566. The minimum atomic E-state index is -0.0967. The second-order valence-corrected chi connectivity index (χ2v) is 3.89. The summed E-state index contributed by atoms with van der Waals surface area (Å²) in [6.45, 7) is 2.60. The summed E-state index contributed by atoms with van der Waals surface area (Å²) < 4.78 is 10.5. The Morgan fingerprint density at radius 1 is 1.60 bits per heavy atom. The van der Waals surface area contributed by atoms with Crippen molar-refractivity contribution in [1.29, 1.82) is 0 Å². The summed E-state index contributed by atoms with van der Waals surface area (Å²) in [5.74, 6) is 1.35. The van der Waals surface area contributed by atoms with E-state index in [9.17, 15) is 5.11 Å². The van der Waals surface area contributed by atoms with Crippen LogP contribution in [0.15, 0.2) is 22.8 Å². The first-order chi connectivity index (χ1) is 7.40. The highest BCUT2D eigenvalue weighted by molar-refractivity contribution is 5.04. The van der Waals surface area contributed by atoms with Gasteiger partial charge >= 0.3 is 0 Å². The number of aliphatic hydroxyl groups excluding tert-OH is 1. The van der Waals surface area contributed by atoms with Gasteiger partial charge in [0.15, 0.2) is 0 Å². The normalized spacial score (nSPS) is 23.1. The number of ether oxygens (including phenoxy) is 1. The van der Waals surface area contributed by atoms with Gasteiger partial charge in [-0.05, 0) is 24.5 Å². The summed E-state index contributed by atoms with van der Waals surface area (Å²) in [5, 5.41) is 12.5. The molecule has 0 amide bonds. The standard InChI is InChI=1S/C11H17NO3/c13-7-10(11-2-1-4-15-11)12-6-9-3-5-14-8-9/h1-2,4,9-10,12-13H,3,5-8H2. The monoisotopic (exact) mass is 211 g/mol. The molecule has 2 unspecified atom stereocenters. The molecular weight excluding hydrogens is 194 g/mol. The zero-order valence-corrected chi connectivity index (χ0v) is 8.69. The van der Waals surface area contributed by atoms with Gasteiger partial charge in [-0.2, -0.15) is 0 Å². The molecule has 84 valence electrons. The molecule has 1 aliphatic rings. The Balaban J connectivity index is 1.80. The second kappa shape index (κ2) is 5.30. The molecule has 0 radical (unpaired) electrons. The van der Waals surface area contributed by atoms with Gasteiger partial charge in [-0.3, -0.25) is 0 Å². The molecule has 0 aliphatic carbocycles. The van der Waals surface area contributed by atoms with Crippen molar-refractivity contribution in [3.05, 3.63) is 24.2 Å². The summed E-state index contributed by atoms with van der Waals surface area (Å²) in [4.78, 5) is 0. The van der Waals surface area contributed by atoms with Gasteiger partial charge in [0.2, 0.25) is 0 Å². The van der Waals surface area contributed by atoms with Crippen molar-refractivity contribution in [2.24, 2.45) is 5.92 Å². The molecule has 2 heterocycles. The maximum absolute atomic E-state index is 9.22. The number of hydrogen-bond acceptors (Lipinski definition) is 4. The Hall–Kier alpha value is -0.840. The first kappa shape index (κ1) is 10.7. The van der Waals surface area contributed by atoms with Gasteiger partial charge < -0.3 is 19.6 Å². The van der Waals surface area contributed by atoms with E-state index in [1.165, 1.54) is 0 Å². The van der Waals surface area contributed by atoms with Crippen LogP contribution in [-0.4, -0.2) is 31.5 Å². The molecule has 1 aromatic rings. The van der Waals surface area contributed by atoms with Crippen molar-refractivity contribution in [2.45, 2.75) is 12.5 Å². The van der Waals surface area contributed by atoms with Crippen molar-refractivity contribution < 1.29 is 14.3 Å². The van der Waals surface area contributed by atoms with E-state index in [1.807, 2.05) is 12.1 Å². The van der Waals surface area contributed by atoms with Crippen LogP contribution in [-0.2, 0) is 4.74 Å². The Morgan fingerprint density at radius 3 is 3.13 bits per heavy atom. The average molecular weight is 211 g/mol. The number of furan rings is 1. The number of rotatable bonds is 5. The van der Waals surface area contributed by atoms with Crippen molar-refractivity contribution in [2.75, 3.05) is 26.4 Å². The molecule has 0 bridgehead atoms. The first-order valence-electron chi connectivity index (χ1n) is 5.35. The summed E-state index contributed by atoms with van der Waals surface area (Å²) in [6, 6.07) is 3.61. The highest BCUT2D eigenvalue weighted by atomic mass is 16.5. The van der Waals surface area contributed by atoms with Gasteiger partial charge in [0.25, 0.3) is 0 Å². The lowest BCUT2D eigenvalue weighted by Crippen LogP contribution is -2.29. The fourth-order valence-corrected chi connectivity index (χ4v) is 1.80. The molecular formula is C11H17NO3. The number of aliphatic hydroxyl groups is 1. The van der Waals surface area contributed by atoms with Crippen LogP contribution in [0.5, 0.6) is 0 Å². The van der Waals surface area contributed by atoms with E-state index < -0.39 is 0 Å². The van der Waals surface area contributed by atoms with Crippen LogP contribution < -0.4 is 5.32 Å². The summed E-state index contributed by atoms with van der Waals surface area (Å²) in [6.07, 6.45) is 2.72. The van der Waals surface area contributed by atoms with Crippen LogP contribution in [0.3, 0.4) is 0 Å². The summed E-state index contributed by atoms with van der Waals surface area (Å²) in [5.41, 5.74) is 0. The molecule has 0 spiro atoms. The van der Waals surface area contributed by atoms with E-state index in [1.54, 1.807) is 6.26 Å². The lowest BCUT2D eigenvalue weighted by atomic mass is 10.1. The van der Waals surface area contributed by atoms with Gasteiger partial charge in [0, 0.05) is 13.2 Å². The Bertz CT molecular complexity index is 267. The number of hydrogen-bond donors (Lipinski definition) is 2. The zero-order chi connectivity index (χ0) is 10.5. The maximum atomic E-state index is 9.22. The highest BCUT2D eigenvalue weighted by Gasteiger charge is 2.18. The van der Waals surface area contributed by atoms with E-state index in [2.05, 4.69) is 5.32 Å². The molecule has 1 aromatic heterocycles. The highest BCUT2D eigenvalue weighted by Crippen LogP contribution is 2.15. The van der Waals surface area contributed by atoms with Crippen molar-refractivity contribution in [3.8, 4) is 0 Å². The van der Waals surface area contributed by atoms with Crippen molar-refractivity contribution in [3.63, 3.8) is 0 Å². The Kier molecular flexibility index (Phi) is 3.77. The molecule has 4 heteroatoms. The molecule has 15 heavy (non-hydrogen) atoms. The third kappa shape index (κ3) is 2.81. The molecule has 4 nitrogen and oxygen atoms in total. The predicted octanol–water partition coefficient (Wildman–Crippen LogP) is 0.939. The summed E-state index contributed by atoms with van der Waals surface area (Å²) >= 11 is 0. The lowest BCUT2D eigenvalue weighted by Gasteiger charge is -2.16. The van der Waals surface area contributed by atoms with Gasteiger partial charge in [-0.25, -0.2) is 0 Å². The smallest absolute Gasteiger partial charge is 0.123 e. The van der Waals surface area contributed by atoms with Gasteiger partial charge in [-0.1, -0.05) is 0 Å². The molecule has 2 atom stereocenters. The van der Waals surface area contributed by atoms with Crippen LogP contribution >= 0.6 is 0 Å². The van der Waals surface area contributed by atoms with E-state index in [-0.39, 0.29) is 12.6 Å². The molecule has 1 saturated heterocycles. The third-order valence-electron chi connectivity index (χ3n) is 2.75. The van der Waals surface area contributed by atoms with Crippen molar-refractivity contribution >= 4 is 0 Å². The minimum Gasteiger partial charge on any atom is -0.468 e. The van der Waals surface area contributed by atoms with Crippen LogP contribution in [0.2, 0.25) is 0 Å².